The van der Waals surface area contributed by atoms with Gasteiger partial charge < -0.3 is 18.8 Å². The molecule has 176 valence electrons. The van der Waals surface area contributed by atoms with Crippen molar-refractivity contribution in [1.82, 2.24) is 9.55 Å². The second-order valence-corrected chi connectivity index (χ2v) is 8.74. The van der Waals surface area contributed by atoms with Crippen molar-refractivity contribution < 1.29 is 19.0 Å². The van der Waals surface area contributed by atoms with Gasteiger partial charge in [0.2, 0.25) is 0 Å². The molecule has 1 aliphatic heterocycles. The first-order valence-electron chi connectivity index (χ1n) is 11.8. The van der Waals surface area contributed by atoms with E-state index in [-0.39, 0.29) is 24.0 Å². The molecule has 0 N–H and O–H groups in total. The van der Waals surface area contributed by atoms with Crippen LogP contribution >= 0.6 is 0 Å². The van der Waals surface area contributed by atoms with E-state index in [9.17, 15) is 4.79 Å². The Labute approximate surface area is 199 Å². The van der Waals surface area contributed by atoms with Gasteiger partial charge in [-0.05, 0) is 56.0 Å². The van der Waals surface area contributed by atoms with E-state index in [1.807, 2.05) is 23.8 Å². The predicted molar refractivity (Wildman–Crippen MR) is 129 cm³/mol. The lowest BCUT2D eigenvalue weighted by Gasteiger charge is -2.38. The maximum absolute atomic E-state index is 11.6. The Balaban J connectivity index is 1.57. The summed E-state index contributed by atoms with van der Waals surface area (Å²) in [7, 11) is 1.66. The van der Waals surface area contributed by atoms with Crippen LogP contribution in [0.25, 0.3) is 5.69 Å². The summed E-state index contributed by atoms with van der Waals surface area (Å²) in [6, 6.07) is 12.6. The first-order chi connectivity index (χ1) is 16.6. The molecule has 3 unspecified atom stereocenters. The molecule has 0 saturated heterocycles. The monoisotopic (exact) mass is 459 g/mol. The zero-order valence-corrected chi connectivity index (χ0v) is 19.7. The SMILES string of the molecule is CCOc1cc2c(cc1OC)C(c1ccc(-n3ccnc3)cc1)=NC1CCC(OC(C)=O)CC21. The minimum atomic E-state index is -0.230. The minimum Gasteiger partial charge on any atom is -0.493 e. The van der Waals surface area contributed by atoms with Gasteiger partial charge in [0, 0.05) is 42.0 Å². The van der Waals surface area contributed by atoms with Gasteiger partial charge in [0.25, 0.3) is 0 Å². The zero-order valence-electron chi connectivity index (χ0n) is 19.7. The number of fused-ring (bicyclic) bond motifs is 3. The average molecular weight is 460 g/mol. The van der Waals surface area contributed by atoms with Gasteiger partial charge in [-0.15, -0.1) is 0 Å². The number of hydrogen-bond donors (Lipinski definition) is 0. The molecule has 1 fully saturated rings. The van der Waals surface area contributed by atoms with Crippen molar-refractivity contribution in [2.75, 3.05) is 13.7 Å². The smallest absolute Gasteiger partial charge is 0.302 e. The fourth-order valence-corrected chi connectivity index (χ4v) is 5.13. The van der Waals surface area contributed by atoms with E-state index in [4.69, 9.17) is 19.2 Å². The van der Waals surface area contributed by atoms with Crippen molar-refractivity contribution in [3.63, 3.8) is 0 Å². The van der Waals surface area contributed by atoms with Gasteiger partial charge in [0.1, 0.15) is 6.10 Å². The van der Waals surface area contributed by atoms with E-state index in [1.54, 1.807) is 19.6 Å². The maximum atomic E-state index is 11.6. The molecule has 0 spiro atoms. The average Bonchev–Trinajstić information content (AvgIpc) is 3.38. The number of hydrogen-bond acceptors (Lipinski definition) is 6. The van der Waals surface area contributed by atoms with Crippen LogP contribution in [0.15, 0.2) is 60.1 Å². The fourth-order valence-electron chi connectivity index (χ4n) is 5.13. The van der Waals surface area contributed by atoms with Crippen LogP contribution in [0, 0.1) is 0 Å². The van der Waals surface area contributed by atoms with Gasteiger partial charge >= 0.3 is 5.97 Å². The Kier molecular flexibility index (Phi) is 6.09. The number of carbonyl (C=O) groups excluding carboxylic acids is 1. The number of nitrogens with zero attached hydrogens (tertiary/aromatic N) is 3. The molecule has 0 bridgehead atoms. The first kappa shape index (κ1) is 22.2. The van der Waals surface area contributed by atoms with Crippen LogP contribution in [0.3, 0.4) is 0 Å². The summed E-state index contributed by atoms with van der Waals surface area (Å²) < 4.78 is 19.1. The van der Waals surface area contributed by atoms with Gasteiger partial charge in [-0.25, -0.2) is 4.98 Å². The van der Waals surface area contributed by atoms with Crippen LogP contribution in [0.1, 0.15) is 55.7 Å². The van der Waals surface area contributed by atoms with Gasteiger partial charge in [0.05, 0.1) is 31.8 Å². The minimum absolute atomic E-state index is 0.0875. The highest BCUT2D eigenvalue weighted by molar-refractivity contribution is 6.15. The summed E-state index contributed by atoms with van der Waals surface area (Å²) in [6.07, 6.45) is 7.84. The fraction of sp³-hybridized carbons (Fsp3) is 0.370. The molecule has 1 saturated carbocycles. The van der Waals surface area contributed by atoms with Crippen molar-refractivity contribution in [1.29, 1.82) is 0 Å². The molecule has 0 amide bonds. The van der Waals surface area contributed by atoms with E-state index >= 15 is 0 Å². The molecule has 3 atom stereocenters. The summed E-state index contributed by atoms with van der Waals surface area (Å²) in [5.41, 5.74) is 5.27. The van der Waals surface area contributed by atoms with Crippen molar-refractivity contribution in [3.05, 3.63) is 71.8 Å². The van der Waals surface area contributed by atoms with E-state index in [0.717, 1.165) is 47.5 Å². The number of esters is 1. The number of imidazole rings is 1. The molecular weight excluding hydrogens is 430 g/mol. The number of rotatable bonds is 6. The van der Waals surface area contributed by atoms with Gasteiger partial charge in [0.15, 0.2) is 11.5 Å². The van der Waals surface area contributed by atoms with Gasteiger partial charge in [-0.3, -0.25) is 9.79 Å². The molecule has 2 aliphatic rings. The molecule has 7 heteroatoms. The van der Waals surface area contributed by atoms with Crippen LogP contribution in [0.4, 0.5) is 0 Å². The Morgan fingerprint density at radius 2 is 1.97 bits per heavy atom. The Morgan fingerprint density at radius 1 is 1.15 bits per heavy atom. The molecule has 1 aliphatic carbocycles. The number of ether oxygens (including phenoxy) is 3. The second kappa shape index (κ2) is 9.33. The summed E-state index contributed by atoms with van der Waals surface area (Å²) in [5, 5.41) is 0. The molecule has 5 rings (SSSR count). The number of benzene rings is 2. The summed E-state index contributed by atoms with van der Waals surface area (Å²) >= 11 is 0. The standard InChI is InChI=1S/C27H29N3O4/c1-4-33-26-14-21-22-13-20(34-17(2)31)9-10-24(22)29-27(23(21)15-25(26)32-3)18-5-7-19(8-6-18)30-12-11-28-16-30/h5-8,11-12,14-16,20,22,24H,4,9-10,13H2,1-3H3. The number of methoxy groups -OCH3 is 1. The van der Waals surface area contributed by atoms with E-state index in [2.05, 4.69) is 35.3 Å². The van der Waals surface area contributed by atoms with E-state index < -0.39 is 0 Å². The van der Waals surface area contributed by atoms with E-state index in [0.29, 0.717) is 12.4 Å². The molecule has 7 nitrogen and oxygen atoms in total. The quantitative estimate of drug-likeness (QED) is 0.500. The van der Waals surface area contributed by atoms with Crippen LogP contribution in [-0.4, -0.2) is 47.1 Å². The number of aliphatic imine (C=N–C) groups is 1. The molecular formula is C27H29N3O4. The lowest BCUT2D eigenvalue weighted by atomic mass is 9.74. The normalized spacial score (nSPS) is 21.1. The Bertz CT molecular complexity index is 1200. The highest BCUT2D eigenvalue weighted by atomic mass is 16.5. The molecule has 3 aromatic rings. The van der Waals surface area contributed by atoms with Crippen molar-refractivity contribution in [3.8, 4) is 17.2 Å². The van der Waals surface area contributed by atoms with Crippen molar-refractivity contribution >= 4 is 11.7 Å². The van der Waals surface area contributed by atoms with Crippen LogP contribution in [0.5, 0.6) is 11.5 Å². The Hall–Kier alpha value is -3.61. The van der Waals surface area contributed by atoms with Crippen LogP contribution < -0.4 is 9.47 Å². The molecule has 2 aromatic carbocycles. The van der Waals surface area contributed by atoms with Crippen molar-refractivity contribution in [2.24, 2.45) is 4.99 Å². The largest absolute Gasteiger partial charge is 0.493 e. The van der Waals surface area contributed by atoms with Crippen molar-refractivity contribution in [2.45, 2.75) is 51.2 Å². The highest BCUT2D eigenvalue weighted by Gasteiger charge is 2.38. The Morgan fingerprint density at radius 3 is 2.65 bits per heavy atom. The summed E-state index contributed by atoms with van der Waals surface area (Å²) in [5.74, 6) is 1.35. The number of aromatic nitrogens is 2. The predicted octanol–water partition coefficient (Wildman–Crippen LogP) is 4.70. The highest BCUT2D eigenvalue weighted by Crippen LogP contribution is 2.45. The zero-order chi connectivity index (χ0) is 23.7. The molecule has 2 heterocycles. The molecule has 0 radical (unpaired) electrons. The lowest BCUT2D eigenvalue weighted by molar-refractivity contribution is -0.148. The third-order valence-electron chi connectivity index (χ3n) is 6.63. The topological polar surface area (TPSA) is 74.9 Å². The summed E-state index contributed by atoms with van der Waals surface area (Å²) in [6.45, 7) is 3.99. The third kappa shape index (κ3) is 4.18. The van der Waals surface area contributed by atoms with Gasteiger partial charge in [-0.2, -0.15) is 0 Å². The first-order valence-corrected chi connectivity index (χ1v) is 11.8. The van der Waals surface area contributed by atoms with E-state index in [1.165, 1.54) is 12.5 Å². The lowest BCUT2D eigenvalue weighted by Crippen LogP contribution is -2.36. The van der Waals surface area contributed by atoms with Crippen LogP contribution in [0.2, 0.25) is 0 Å². The molecule has 34 heavy (non-hydrogen) atoms. The number of carbonyl (C=O) groups is 1. The van der Waals surface area contributed by atoms with Gasteiger partial charge in [-0.1, -0.05) is 12.1 Å². The molecule has 1 aromatic heterocycles. The third-order valence-corrected chi connectivity index (χ3v) is 6.63. The second-order valence-electron chi connectivity index (χ2n) is 8.74. The maximum Gasteiger partial charge on any atom is 0.302 e. The van der Waals surface area contributed by atoms with Crippen LogP contribution in [-0.2, 0) is 9.53 Å². The summed E-state index contributed by atoms with van der Waals surface area (Å²) in [4.78, 5) is 21.0.